The third-order valence-electron chi connectivity index (χ3n) is 7.18. The fraction of sp³-hybridized carbons (Fsp3) is 0.423. The minimum atomic E-state index is -1.10. The van der Waals surface area contributed by atoms with Crippen molar-refractivity contribution >= 4 is 18.0 Å². The van der Waals surface area contributed by atoms with Crippen LogP contribution in [-0.4, -0.2) is 54.5 Å². The van der Waals surface area contributed by atoms with E-state index in [1.165, 1.54) is 0 Å². The number of hydrogen-bond acceptors (Lipinski definition) is 5. The van der Waals surface area contributed by atoms with Gasteiger partial charge in [-0.15, -0.1) is 0 Å². The Hall–Kier alpha value is -3.39. The highest BCUT2D eigenvalue weighted by Crippen LogP contribution is 2.44. The molecule has 2 aliphatic carbocycles. The van der Waals surface area contributed by atoms with Crippen molar-refractivity contribution in [2.75, 3.05) is 13.2 Å². The Morgan fingerprint density at radius 2 is 1.65 bits per heavy atom. The normalized spacial score (nSPS) is 22.2. The van der Waals surface area contributed by atoms with Gasteiger partial charge in [-0.25, -0.2) is 9.59 Å². The number of alkyl carbamates (subject to hydrolysis) is 1. The zero-order valence-corrected chi connectivity index (χ0v) is 18.7. The second-order valence-electron chi connectivity index (χ2n) is 9.17. The first-order valence-corrected chi connectivity index (χ1v) is 11.8. The largest absolute Gasteiger partial charge is 0.479 e. The average Bonchev–Trinajstić information content (AvgIpc) is 3.39. The molecule has 178 valence electrons. The van der Waals surface area contributed by atoms with Crippen LogP contribution in [0.1, 0.15) is 42.7 Å². The summed E-state index contributed by atoms with van der Waals surface area (Å²) in [7, 11) is 0. The van der Waals surface area contributed by atoms with E-state index in [0.717, 1.165) is 41.5 Å². The molecule has 8 heteroatoms. The van der Waals surface area contributed by atoms with E-state index in [2.05, 4.69) is 34.9 Å². The molecule has 2 amide bonds. The third kappa shape index (κ3) is 4.25. The highest BCUT2D eigenvalue weighted by Gasteiger charge is 2.40. The van der Waals surface area contributed by atoms with Crippen LogP contribution < -0.4 is 10.6 Å². The van der Waals surface area contributed by atoms with Crippen LogP contribution in [0.25, 0.3) is 11.1 Å². The summed E-state index contributed by atoms with van der Waals surface area (Å²) in [4.78, 5) is 37.1. The van der Waals surface area contributed by atoms with Gasteiger partial charge >= 0.3 is 12.1 Å². The maximum absolute atomic E-state index is 13.0. The van der Waals surface area contributed by atoms with Gasteiger partial charge in [-0.1, -0.05) is 55.0 Å². The van der Waals surface area contributed by atoms with Gasteiger partial charge in [0.25, 0.3) is 0 Å². The molecule has 8 nitrogen and oxygen atoms in total. The Kier molecular flexibility index (Phi) is 6.24. The standard InChI is InChI=1S/C26H28N2O6/c29-24(27-21-12-13-33-23(21)25(30)31)22(15-6-5-7-15)28-26(32)34-14-20-18-10-3-1-8-16(18)17-9-2-4-11-19(17)20/h1-4,8-11,15,20-23H,5-7,12-14H2,(H,27,29)(H,28,32)(H,30,31)/t21-,22?,23+/m0/s1. The van der Waals surface area contributed by atoms with E-state index in [9.17, 15) is 19.5 Å². The van der Waals surface area contributed by atoms with Crippen molar-refractivity contribution < 1.29 is 29.0 Å². The first-order valence-electron chi connectivity index (χ1n) is 11.8. The fourth-order valence-electron chi connectivity index (χ4n) is 5.19. The lowest BCUT2D eigenvalue weighted by atomic mass is 9.79. The van der Waals surface area contributed by atoms with Gasteiger partial charge in [-0.3, -0.25) is 4.79 Å². The van der Waals surface area contributed by atoms with E-state index < -0.39 is 30.3 Å². The first-order chi connectivity index (χ1) is 16.5. The number of fused-ring (bicyclic) bond motifs is 3. The summed E-state index contributed by atoms with van der Waals surface area (Å²) >= 11 is 0. The van der Waals surface area contributed by atoms with Gasteiger partial charge in [-0.2, -0.15) is 0 Å². The van der Waals surface area contributed by atoms with E-state index in [-0.39, 0.29) is 31.0 Å². The quantitative estimate of drug-likeness (QED) is 0.580. The summed E-state index contributed by atoms with van der Waals surface area (Å²) in [5.74, 6) is -1.56. The molecular formula is C26H28N2O6. The molecule has 3 atom stereocenters. The average molecular weight is 465 g/mol. The topological polar surface area (TPSA) is 114 Å². The number of carboxylic acids is 1. The van der Waals surface area contributed by atoms with Crippen molar-refractivity contribution in [3.05, 3.63) is 59.7 Å². The molecule has 3 N–H and O–H groups in total. The summed E-state index contributed by atoms with van der Waals surface area (Å²) < 4.78 is 10.8. The van der Waals surface area contributed by atoms with Crippen LogP contribution in [0.4, 0.5) is 4.79 Å². The van der Waals surface area contributed by atoms with Gasteiger partial charge in [0.2, 0.25) is 5.91 Å². The number of nitrogens with one attached hydrogen (secondary N) is 2. The number of aliphatic carboxylic acids is 1. The lowest BCUT2D eigenvalue weighted by Crippen LogP contribution is -2.56. The molecule has 0 aromatic heterocycles. The number of hydrogen-bond donors (Lipinski definition) is 3. The van der Waals surface area contributed by atoms with Crippen molar-refractivity contribution in [1.29, 1.82) is 0 Å². The summed E-state index contributed by atoms with van der Waals surface area (Å²) in [6, 6.07) is 14.8. The smallest absolute Gasteiger partial charge is 0.407 e. The lowest BCUT2D eigenvalue weighted by Gasteiger charge is -2.34. The molecule has 1 unspecified atom stereocenters. The molecule has 2 aromatic rings. The molecule has 0 spiro atoms. The van der Waals surface area contributed by atoms with E-state index in [4.69, 9.17) is 9.47 Å². The first kappa shape index (κ1) is 22.4. The monoisotopic (exact) mass is 464 g/mol. The van der Waals surface area contributed by atoms with Crippen LogP contribution in [0.2, 0.25) is 0 Å². The SMILES string of the molecule is O=C(NC(C(=O)N[C@H]1CCO[C@H]1C(=O)O)C1CCC1)OCC1c2ccccc2-c2ccccc21. The minimum absolute atomic E-state index is 0.00563. The van der Waals surface area contributed by atoms with Gasteiger partial charge in [-0.05, 0) is 47.4 Å². The fourth-order valence-corrected chi connectivity index (χ4v) is 5.19. The van der Waals surface area contributed by atoms with Crippen LogP contribution in [0.5, 0.6) is 0 Å². The number of carbonyl (C=O) groups excluding carboxylic acids is 2. The predicted molar refractivity (Wildman–Crippen MR) is 123 cm³/mol. The molecule has 0 bridgehead atoms. The van der Waals surface area contributed by atoms with Gasteiger partial charge in [0.05, 0.1) is 6.04 Å². The molecule has 1 heterocycles. The Labute approximate surface area is 197 Å². The maximum Gasteiger partial charge on any atom is 0.407 e. The van der Waals surface area contributed by atoms with Crippen molar-refractivity contribution in [3.8, 4) is 11.1 Å². The number of ether oxygens (including phenoxy) is 2. The second-order valence-corrected chi connectivity index (χ2v) is 9.17. The highest BCUT2D eigenvalue weighted by molar-refractivity contribution is 5.87. The summed E-state index contributed by atoms with van der Waals surface area (Å²) in [6.45, 7) is 0.437. The van der Waals surface area contributed by atoms with Crippen LogP contribution in [0.15, 0.2) is 48.5 Å². The molecule has 2 aromatic carbocycles. The van der Waals surface area contributed by atoms with Crippen LogP contribution in [-0.2, 0) is 19.1 Å². The van der Waals surface area contributed by atoms with Crippen LogP contribution in [0, 0.1) is 5.92 Å². The van der Waals surface area contributed by atoms with Crippen LogP contribution >= 0.6 is 0 Å². The molecule has 3 aliphatic rings. The Morgan fingerprint density at radius 3 is 2.24 bits per heavy atom. The molecular weight excluding hydrogens is 436 g/mol. The van der Waals surface area contributed by atoms with E-state index in [1.807, 2.05) is 24.3 Å². The molecule has 5 rings (SSSR count). The second kappa shape index (κ2) is 9.46. The predicted octanol–water partition coefficient (Wildman–Crippen LogP) is 3.05. The third-order valence-corrected chi connectivity index (χ3v) is 7.18. The summed E-state index contributed by atoms with van der Waals surface area (Å²) in [6.07, 6.45) is 1.35. The van der Waals surface area contributed by atoms with Gasteiger partial charge in [0.1, 0.15) is 12.6 Å². The van der Waals surface area contributed by atoms with Crippen LogP contribution in [0.3, 0.4) is 0 Å². The van der Waals surface area contributed by atoms with E-state index >= 15 is 0 Å². The summed E-state index contributed by atoms with van der Waals surface area (Å²) in [5, 5.41) is 14.8. The molecule has 0 radical (unpaired) electrons. The number of amides is 2. The molecule has 2 fully saturated rings. The zero-order chi connectivity index (χ0) is 23.7. The maximum atomic E-state index is 13.0. The van der Waals surface area contributed by atoms with Crippen molar-refractivity contribution in [2.24, 2.45) is 5.92 Å². The highest BCUT2D eigenvalue weighted by atomic mass is 16.5. The number of carbonyl (C=O) groups is 3. The molecule has 34 heavy (non-hydrogen) atoms. The number of benzene rings is 2. The number of rotatable bonds is 7. The van der Waals surface area contributed by atoms with Crippen molar-refractivity contribution in [3.63, 3.8) is 0 Å². The van der Waals surface area contributed by atoms with Gasteiger partial charge < -0.3 is 25.2 Å². The zero-order valence-electron chi connectivity index (χ0n) is 18.7. The molecule has 1 saturated carbocycles. The van der Waals surface area contributed by atoms with E-state index in [0.29, 0.717) is 6.42 Å². The van der Waals surface area contributed by atoms with Gasteiger partial charge in [0.15, 0.2) is 6.10 Å². The Balaban J connectivity index is 1.24. The Morgan fingerprint density at radius 1 is 1.00 bits per heavy atom. The minimum Gasteiger partial charge on any atom is -0.479 e. The van der Waals surface area contributed by atoms with Crippen molar-refractivity contribution in [1.82, 2.24) is 10.6 Å². The van der Waals surface area contributed by atoms with E-state index in [1.54, 1.807) is 0 Å². The lowest BCUT2D eigenvalue weighted by molar-refractivity contribution is -0.148. The number of carboxylic acid groups (broad SMARTS) is 1. The summed E-state index contributed by atoms with van der Waals surface area (Å²) in [5.41, 5.74) is 4.52. The molecule has 1 aliphatic heterocycles. The molecule has 1 saturated heterocycles. The van der Waals surface area contributed by atoms with Gasteiger partial charge in [0, 0.05) is 12.5 Å². The Bertz CT molecular complexity index is 1050. The van der Waals surface area contributed by atoms with Crippen molar-refractivity contribution in [2.45, 2.75) is 49.8 Å².